The molecule has 2 N–H and O–H groups in total. The monoisotopic (exact) mass is 663 g/mol. The summed E-state index contributed by atoms with van der Waals surface area (Å²) in [4.78, 5) is 70.7. The summed E-state index contributed by atoms with van der Waals surface area (Å²) in [5.41, 5.74) is -5.66. The molecule has 48 heavy (non-hydrogen) atoms. The van der Waals surface area contributed by atoms with Crippen LogP contribution in [-0.4, -0.2) is 67.9 Å². The minimum atomic E-state index is -2.04. The molecule has 0 saturated heterocycles. The van der Waals surface area contributed by atoms with E-state index < -0.39 is 74.6 Å². The number of ketones is 3. The Morgan fingerprint density at radius 2 is 1.73 bits per heavy atom. The van der Waals surface area contributed by atoms with Gasteiger partial charge < -0.3 is 19.7 Å². The number of hydrogen-bond acceptors (Lipinski definition) is 10. The predicted octanol–water partition coefficient (Wildman–Crippen LogP) is 4.76. The molecule has 0 bridgehead atoms. The van der Waals surface area contributed by atoms with Crippen LogP contribution in [0.3, 0.4) is 0 Å². The molecule has 260 valence electrons. The SMILES string of the molecule is CC(=O)OC(C)(C)/C=C/C(=O)[C@](C)(O)[C@H]1[C@H](O)C[C@@]2(C)[C@@H]3CC=C4[C@@H](C[C@H](OC(=O)c5cccnc5)C(=O)C4(C)C)[C@]3(C)C(=O)C[C@]12C. The number of pyridine rings is 1. The normalized spacial score (nSPS) is 37.1. The lowest BCUT2D eigenvalue weighted by Gasteiger charge is -2.64. The van der Waals surface area contributed by atoms with Crippen molar-refractivity contribution in [2.75, 3.05) is 0 Å². The fourth-order valence-electron chi connectivity index (χ4n) is 10.2. The molecule has 0 amide bonds. The molecule has 1 heterocycles. The van der Waals surface area contributed by atoms with Crippen LogP contribution in [0.4, 0.5) is 0 Å². The summed E-state index contributed by atoms with van der Waals surface area (Å²) in [7, 11) is 0. The molecule has 3 saturated carbocycles. The molecule has 0 spiro atoms. The smallest absolute Gasteiger partial charge is 0.340 e. The maximum atomic E-state index is 14.7. The van der Waals surface area contributed by atoms with E-state index in [0.29, 0.717) is 6.42 Å². The molecule has 9 atom stereocenters. The van der Waals surface area contributed by atoms with E-state index in [-0.39, 0.29) is 42.3 Å². The molecule has 0 aliphatic heterocycles. The van der Waals surface area contributed by atoms with Crippen LogP contribution < -0.4 is 0 Å². The van der Waals surface area contributed by atoms with Gasteiger partial charge in [-0.3, -0.25) is 24.2 Å². The van der Waals surface area contributed by atoms with Gasteiger partial charge in [0.05, 0.1) is 11.7 Å². The highest BCUT2D eigenvalue weighted by atomic mass is 16.6. The third kappa shape index (κ3) is 5.30. The van der Waals surface area contributed by atoms with Crippen LogP contribution >= 0.6 is 0 Å². The lowest BCUT2D eigenvalue weighted by atomic mass is 9.38. The van der Waals surface area contributed by atoms with Crippen molar-refractivity contribution in [2.45, 2.75) is 111 Å². The van der Waals surface area contributed by atoms with Crippen molar-refractivity contribution in [2.24, 2.45) is 39.4 Å². The summed E-state index contributed by atoms with van der Waals surface area (Å²) < 4.78 is 11.1. The number of Topliss-reactive ketones (excluding diaryl/α,β-unsaturated/α-hetero) is 2. The number of ether oxygens (including phenoxy) is 2. The van der Waals surface area contributed by atoms with Crippen molar-refractivity contribution < 1.29 is 43.7 Å². The van der Waals surface area contributed by atoms with Gasteiger partial charge in [-0.05, 0) is 101 Å². The summed E-state index contributed by atoms with van der Waals surface area (Å²) in [6.07, 6.45) is 6.30. The number of esters is 2. The first kappa shape index (κ1) is 35.8. The van der Waals surface area contributed by atoms with E-state index in [2.05, 4.69) is 11.1 Å². The molecular formula is C38H49NO9. The van der Waals surface area contributed by atoms with Crippen LogP contribution in [0, 0.1) is 39.4 Å². The molecule has 0 radical (unpaired) electrons. The lowest BCUT2D eigenvalue weighted by molar-refractivity contribution is -0.183. The number of carbonyl (C=O) groups is 5. The fourth-order valence-corrected chi connectivity index (χ4v) is 10.2. The zero-order valence-corrected chi connectivity index (χ0v) is 29.5. The highest BCUT2D eigenvalue weighted by Crippen LogP contribution is 2.74. The largest absolute Gasteiger partial charge is 0.456 e. The standard InChI is InChI=1S/C38H49NO9/c1-21(40)48-33(2,3)15-14-28(42)38(9,46)30-25(41)18-35(6)27-13-12-23-24(37(27,8)29(43)19-36(30,35)7)17-26(31(44)34(23,4)5)47-32(45)22-11-10-16-39-20-22/h10-12,14-16,20,24-27,30,41,46H,13,17-19H2,1-9H3/b15-14+/t24-,25-,26+,27+,30+,35+,36-,37+,38+/m1/s1. The van der Waals surface area contributed by atoms with E-state index in [0.717, 1.165) is 5.57 Å². The Labute approximate surface area is 282 Å². The van der Waals surface area contributed by atoms with Crippen LogP contribution in [0.5, 0.6) is 0 Å². The highest BCUT2D eigenvalue weighted by Gasteiger charge is 2.74. The summed E-state index contributed by atoms with van der Waals surface area (Å²) >= 11 is 0. The van der Waals surface area contributed by atoms with Gasteiger partial charge in [-0.25, -0.2) is 4.79 Å². The lowest BCUT2D eigenvalue weighted by Crippen LogP contribution is -2.65. The van der Waals surface area contributed by atoms with Crippen LogP contribution in [0.15, 0.2) is 48.3 Å². The first-order valence-corrected chi connectivity index (χ1v) is 16.8. The van der Waals surface area contributed by atoms with Crippen LogP contribution in [0.25, 0.3) is 0 Å². The zero-order chi connectivity index (χ0) is 35.8. The van der Waals surface area contributed by atoms with Crippen molar-refractivity contribution >= 4 is 29.3 Å². The fraction of sp³-hybridized carbons (Fsp3) is 0.632. The first-order valence-electron chi connectivity index (χ1n) is 16.8. The quantitative estimate of drug-likeness (QED) is 0.237. The van der Waals surface area contributed by atoms with E-state index in [4.69, 9.17) is 9.47 Å². The second kappa shape index (κ2) is 11.5. The summed E-state index contributed by atoms with van der Waals surface area (Å²) in [5, 5.41) is 23.6. The Morgan fingerprint density at radius 1 is 1.06 bits per heavy atom. The highest BCUT2D eigenvalue weighted by molar-refractivity contribution is 5.99. The zero-order valence-electron chi connectivity index (χ0n) is 29.5. The van der Waals surface area contributed by atoms with Gasteiger partial charge in [-0.15, -0.1) is 0 Å². The van der Waals surface area contributed by atoms with Crippen LogP contribution in [0.1, 0.15) is 98.4 Å². The number of nitrogens with zero attached hydrogens (tertiary/aromatic N) is 1. The van der Waals surface area contributed by atoms with Crippen molar-refractivity contribution in [3.05, 3.63) is 53.9 Å². The first-order chi connectivity index (χ1) is 22.0. The minimum Gasteiger partial charge on any atom is -0.456 e. The number of fused-ring (bicyclic) bond motifs is 5. The Bertz CT molecular complexity index is 1610. The van der Waals surface area contributed by atoms with Gasteiger partial charge in [0.2, 0.25) is 0 Å². The molecule has 10 nitrogen and oxygen atoms in total. The van der Waals surface area contributed by atoms with Crippen LogP contribution in [-0.2, 0) is 28.7 Å². The minimum absolute atomic E-state index is 0.00259. The number of aromatic nitrogens is 1. The van der Waals surface area contributed by atoms with Crippen molar-refractivity contribution in [1.82, 2.24) is 4.98 Å². The van der Waals surface area contributed by atoms with Gasteiger partial charge in [-0.1, -0.05) is 32.4 Å². The van der Waals surface area contributed by atoms with Gasteiger partial charge in [0.1, 0.15) is 17.0 Å². The second-order valence-corrected chi connectivity index (χ2v) is 16.4. The van der Waals surface area contributed by atoms with E-state index in [1.54, 1.807) is 26.0 Å². The number of aliphatic hydroxyl groups is 2. The van der Waals surface area contributed by atoms with Gasteiger partial charge >= 0.3 is 11.9 Å². The van der Waals surface area contributed by atoms with Gasteiger partial charge in [0.15, 0.2) is 17.7 Å². The molecule has 3 fully saturated rings. The molecule has 1 aromatic heterocycles. The van der Waals surface area contributed by atoms with E-state index in [1.165, 1.54) is 38.4 Å². The topological polar surface area (TPSA) is 157 Å². The number of allylic oxidation sites excluding steroid dienone is 2. The third-order valence-corrected chi connectivity index (χ3v) is 12.7. The maximum Gasteiger partial charge on any atom is 0.340 e. The Hall–Kier alpha value is -3.50. The number of carbonyl (C=O) groups excluding carboxylic acids is 5. The number of aliphatic hydroxyl groups excluding tert-OH is 1. The number of rotatable bonds is 7. The van der Waals surface area contributed by atoms with Crippen molar-refractivity contribution in [1.29, 1.82) is 0 Å². The molecule has 4 aliphatic carbocycles. The Kier molecular flexibility index (Phi) is 8.61. The molecule has 5 rings (SSSR count). The van der Waals surface area contributed by atoms with Crippen molar-refractivity contribution in [3.63, 3.8) is 0 Å². The van der Waals surface area contributed by atoms with Crippen LogP contribution in [0.2, 0.25) is 0 Å². The molecular weight excluding hydrogens is 614 g/mol. The van der Waals surface area contributed by atoms with Gasteiger partial charge in [0.25, 0.3) is 0 Å². The second-order valence-electron chi connectivity index (χ2n) is 16.4. The summed E-state index contributed by atoms with van der Waals surface area (Å²) in [6.45, 7) is 15.4. The molecule has 0 aromatic carbocycles. The molecule has 1 aromatic rings. The summed E-state index contributed by atoms with van der Waals surface area (Å²) in [5.74, 6) is -3.80. The van der Waals surface area contributed by atoms with E-state index in [9.17, 15) is 34.2 Å². The number of hydrogen-bond donors (Lipinski definition) is 2. The molecule has 4 aliphatic rings. The van der Waals surface area contributed by atoms with E-state index in [1.807, 2.05) is 34.6 Å². The van der Waals surface area contributed by atoms with Gasteiger partial charge in [-0.2, -0.15) is 0 Å². The van der Waals surface area contributed by atoms with Gasteiger partial charge in [0, 0.05) is 42.5 Å². The predicted molar refractivity (Wildman–Crippen MR) is 175 cm³/mol. The average molecular weight is 664 g/mol. The Balaban J connectivity index is 1.50. The third-order valence-electron chi connectivity index (χ3n) is 12.7. The summed E-state index contributed by atoms with van der Waals surface area (Å²) in [6, 6.07) is 3.19. The average Bonchev–Trinajstić information content (AvgIpc) is 3.19. The maximum absolute atomic E-state index is 14.7. The Morgan fingerprint density at radius 3 is 2.33 bits per heavy atom. The molecule has 10 heteroatoms. The molecule has 0 unspecified atom stereocenters. The van der Waals surface area contributed by atoms with Crippen molar-refractivity contribution in [3.8, 4) is 0 Å². The van der Waals surface area contributed by atoms with E-state index >= 15 is 0 Å².